The maximum Gasteiger partial charge on any atom is 0.241 e. The van der Waals surface area contributed by atoms with Gasteiger partial charge in [-0.1, -0.05) is 0 Å². The van der Waals surface area contributed by atoms with Crippen molar-refractivity contribution < 1.29 is 22.7 Å². The Bertz CT molecular complexity index is 557. The van der Waals surface area contributed by atoms with Crippen molar-refractivity contribution in [3.8, 4) is 0 Å². The number of sulfonamides is 1. The minimum atomic E-state index is -3.94. The normalized spacial score (nSPS) is 13.4. The second-order valence-electron chi connectivity index (χ2n) is 4.41. The van der Waals surface area contributed by atoms with Crippen molar-refractivity contribution in [2.75, 3.05) is 26.1 Å². The van der Waals surface area contributed by atoms with E-state index < -0.39 is 21.9 Å². The van der Waals surface area contributed by atoms with Gasteiger partial charge in [0.05, 0.1) is 11.5 Å². The molecule has 0 saturated carbocycles. The molecule has 4 N–H and O–H groups in total. The summed E-state index contributed by atoms with van der Waals surface area (Å²) >= 11 is 0. The highest BCUT2D eigenvalue weighted by Crippen LogP contribution is 2.22. The number of aliphatic hydroxyl groups excluding tert-OH is 1. The van der Waals surface area contributed by atoms with E-state index in [1.165, 1.54) is 20.1 Å². The number of nitrogens with one attached hydrogen (secondary N) is 1. The number of benzene rings is 1. The summed E-state index contributed by atoms with van der Waals surface area (Å²) in [6, 6.07) is 1.66. The molecule has 1 aromatic rings. The lowest BCUT2D eigenvalue weighted by Gasteiger charge is -2.18. The van der Waals surface area contributed by atoms with Crippen molar-refractivity contribution >= 4 is 15.7 Å². The molecule has 0 saturated heterocycles. The highest BCUT2D eigenvalue weighted by molar-refractivity contribution is 7.89. The molecule has 0 aliphatic carbocycles. The van der Waals surface area contributed by atoms with Crippen molar-refractivity contribution in [2.45, 2.75) is 24.3 Å². The maximum absolute atomic E-state index is 13.6. The van der Waals surface area contributed by atoms with E-state index in [-0.39, 0.29) is 35.8 Å². The average molecular weight is 306 g/mol. The number of ether oxygens (including phenoxy) is 1. The van der Waals surface area contributed by atoms with E-state index in [9.17, 15) is 12.8 Å². The van der Waals surface area contributed by atoms with Crippen LogP contribution in [0.25, 0.3) is 0 Å². The fourth-order valence-corrected chi connectivity index (χ4v) is 3.31. The van der Waals surface area contributed by atoms with Crippen LogP contribution < -0.4 is 10.5 Å². The second kappa shape index (κ2) is 6.98. The molecule has 0 spiro atoms. The second-order valence-corrected chi connectivity index (χ2v) is 6.09. The minimum absolute atomic E-state index is 0.00753. The van der Waals surface area contributed by atoms with Crippen LogP contribution >= 0.6 is 0 Å². The highest BCUT2D eigenvalue weighted by Gasteiger charge is 2.23. The molecule has 114 valence electrons. The molecule has 20 heavy (non-hydrogen) atoms. The van der Waals surface area contributed by atoms with Gasteiger partial charge < -0.3 is 15.6 Å². The van der Waals surface area contributed by atoms with Crippen LogP contribution in [0.5, 0.6) is 0 Å². The van der Waals surface area contributed by atoms with E-state index in [0.717, 1.165) is 6.07 Å². The molecule has 0 aromatic heterocycles. The Balaban J connectivity index is 3.10. The van der Waals surface area contributed by atoms with Crippen LogP contribution in [0, 0.1) is 12.7 Å². The van der Waals surface area contributed by atoms with E-state index >= 15 is 0 Å². The monoisotopic (exact) mass is 306 g/mol. The van der Waals surface area contributed by atoms with Gasteiger partial charge in [0, 0.05) is 31.0 Å². The first kappa shape index (κ1) is 16.8. The number of hydrogen-bond acceptors (Lipinski definition) is 5. The van der Waals surface area contributed by atoms with Gasteiger partial charge in [-0.25, -0.2) is 17.5 Å². The summed E-state index contributed by atoms with van der Waals surface area (Å²) in [6.45, 7) is 1.27. The Hall–Kier alpha value is -1.22. The lowest BCUT2D eigenvalue weighted by Crippen LogP contribution is -2.39. The maximum atomic E-state index is 13.6. The van der Waals surface area contributed by atoms with Crippen LogP contribution in [0.1, 0.15) is 12.0 Å². The molecule has 0 radical (unpaired) electrons. The lowest BCUT2D eigenvalue weighted by molar-refractivity contribution is 0.158. The van der Waals surface area contributed by atoms with Gasteiger partial charge in [0.2, 0.25) is 10.0 Å². The summed E-state index contributed by atoms with van der Waals surface area (Å²) in [5.41, 5.74) is 5.50. The van der Waals surface area contributed by atoms with E-state index in [1.807, 2.05) is 0 Å². The van der Waals surface area contributed by atoms with Crippen LogP contribution in [0.3, 0.4) is 0 Å². The van der Waals surface area contributed by atoms with Crippen molar-refractivity contribution in [1.82, 2.24) is 4.72 Å². The van der Waals surface area contributed by atoms with Crippen molar-refractivity contribution in [2.24, 2.45) is 0 Å². The average Bonchev–Trinajstić information content (AvgIpc) is 2.33. The molecule has 6 nitrogen and oxygen atoms in total. The van der Waals surface area contributed by atoms with Crippen LogP contribution in [0.2, 0.25) is 0 Å². The van der Waals surface area contributed by atoms with Gasteiger partial charge in [0.25, 0.3) is 0 Å². The molecule has 1 rings (SSSR count). The van der Waals surface area contributed by atoms with Crippen LogP contribution in [-0.2, 0) is 14.8 Å². The number of nitrogens with two attached hydrogens (primary N) is 1. The number of hydrogen-bond donors (Lipinski definition) is 3. The lowest BCUT2D eigenvalue weighted by atomic mass is 10.2. The van der Waals surface area contributed by atoms with Crippen molar-refractivity contribution in [1.29, 1.82) is 0 Å². The number of rotatable bonds is 7. The molecule has 0 aliphatic rings. The number of anilines is 1. The molecule has 8 heteroatoms. The summed E-state index contributed by atoms with van der Waals surface area (Å²) < 4.78 is 45.3. The molecular formula is C12H19FN2O4S. The van der Waals surface area contributed by atoms with Gasteiger partial charge in [-0.05, 0) is 25.5 Å². The van der Waals surface area contributed by atoms with Crippen molar-refractivity contribution in [3.05, 3.63) is 23.5 Å². The van der Waals surface area contributed by atoms with Gasteiger partial charge in [0.1, 0.15) is 5.82 Å². The van der Waals surface area contributed by atoms with E-state index in [0.29, 0.717) is 0 Å². The molecule has 1 atom stereocenters. The zero-order valence-corrected chi connectivity index (χ0v) is 12.2. The van der Waals surface area contributed by atoms with Gasteiger partial charge >= 0.3 is 0 Å². The summed E-state index contributed by atoms with van der Waals surface area (Å²) in [4.78, 5) is -0.214. The fourth-order valence-electron chi connectivity index (χ4n) is 1.77. The molecule has 1 aromatic carbocycles. The quantitative estimate of drug-likeness (QED) is 0.633. The van der Waals surface area contributed by atoms with Gasteiger partial charge in [0.15, 0.2) is 0 Å². The van der Waals surface area contributed by atoms with Crippen LogP contribution in [0.15, 0.2) is 17.0 Å². The van der Waals surface area contributed by atoms with Gasteiger partial charge in [-0.15, -0.1) is 0 Å². The number of nitrogen functional groups attached to an aromatic ring is 1. The predicted molar refractivity (Wildman–Crippen MR) is 73.2 cm³/mol. The topological polar surface area (TPSA) is 102 Å². The van der Waals surface area contributed by atoms with Gasteiger partial charge in [-0.2, -0.15) is 0 Å². The summed E-state index contributed by atoms with van der Waals surface area (Å²) in [7, 11) is -2.52. The molecule has 0 heterocycles. The molecular weight excluding hydrogens is 287 g/mol. The molecule has 0 aliphatic heterocycles. The summed E-state index contributed by atoms with van der Waals surface area (Å²) in [5.74, 6) is -0.684. The fraction of sp³-hybridized carbons (Fsp3) is 0.500. The SMILES string of the molecule is COCC(CCO)NS(=O)(=O)c1cc(N)cc(F)c1C. The van der Waals surface area contributed by atoms with Gasteiger partial charge in [-0.3, -0.25) is 0 Å². The molecule has 0 fully saturated rings. The third-order valence-electron chi connectivity index (χ3n) is 2.78. The number of halogens is 1. The Labute approximate surface area is 117 Å². The Kier molecular flexibility index (Phi) is 5.88. The molecule has 1 unspecified atom stereocenters. The van der Waals surface area contributed by atoms with Crippen LogP contribution in [0.4, 0.5) is 10.1 Å². The molecule has 0 amide bonds. The zero-order valence-electron chi connectivity index (χ0n) is 11.4. The van der Waals surface area contributed by atoms with E-state index in [2.05, 4.69) is 4.72 Å². The highest BCUT2D eigenvalue weighted by atomic mass is 32.2. The zero-order chi connectivity index (χ0) is 15.3. The first-order valence-electron chi connectivity index (χ1n) is 5.99. The predicted octanol–water partition coefficient (Wildman–Crippen LogP) is 0.392. The Morgan fingerprint density at radius 3 is 2.70 bits per heavy atom. The van der Waals surface area contributed by atoms with Crippen molar-refractivity contribution in [3.63, 3.8) is 0 Å². The first-order valence-corrected chi connectivity index (χ1v) is 7.48. The largest absolute Gasteiger partial charge is 0.399 e. The molecule has 0 bridgehead atoms. The smallest absolute Gasteiger partial charge is 0.241 e. The summed E-state index contributed by atoms with van der Waals surface area (Å²) in [6.07, 6.45) is 0.191. The summed E-state index contributed by atoms with van der Waals surface area (Å²) in [5, 5.41) is 8.90. The Morgan fingerprint density at radius 1 is 1.50 bits per heavy atom. The first-order chi connectivity index (χ1) is 9.31. The third-order valence-corrected chi connectivity index (χ3v) is 4.42. The standard InChI is InChI=1S/C12H19FN2O4S/c1-8-11(13)5-9(14)6-12(8)20(17,18)15-10(3-4-16)7-19-2/h5-6,10,15-16H,3-4,7,14H2,1-2H3. The third kappa shape index (κ3) is 4.14. The Morgan fingerprint density at radius 2 is 2.15 bits per heavy atom. The number of aliphatic hydroxyl groups is 1. The van der Waals surface area contributed by atoms with E-state index in [1.54, 1.807) is 0 Å². The number of methoxy groups -OCH3 is 1. The minimum Gasteiger partial charge on any atom is -0.399 e. The van der Waals surface area contributed by atoms with Crippen LogP contribution in [-0.4, -0.2) is 39.9 Å². The van der Waals surface area contributed by atoms with E-state index in [4.69, 9.17) is 15.6 Å².